The molecule has 0 spiro atoms. The van der Waals surface area contributed by atoms with E-state index in [1.165, 1.54) is 11.3 Å². The molecule has 1 fully saturated rings. The Hall–Kier alpha value is -2.13. The van der Waals surface area contributed by atoms with Crippen LogP contribution in [0.5, 0.6) is 5.19 Å². The highest BCUT2D eigenvalue weighted by Crippen LogP contribution is 2.27. The van der Waals surface area contributed by atoms with E-state index in [2.05, 4.69) is 20.9 Å². The third-order valence-electron chi connectivity index (χ3n) is 4.11. The van der Waals surface area contributed by atoms with Gasteiger partial charge in [0.2, 0.25) is 0 Å². The number of thiazole rings is 1. The minimum Gasteiger partial charge on any atom is -0.470 e. The van der Waals surface area contributed by atoms with Gasteiger partial charge in [0.15, 0.2) is 0 Å². The molecule has 0 N–H and O–H groups in total. The number of aromatic nitrogens is 2. The van der Waals surface area contributed by atoms with Crippen molar-refractivity contribution < 1.29 is 4.74 Å². The minimum absolute atomic E-state index is 0.432. The Kier molecular flexibility index (Phi) is 4.77. The van der Waals surface area contributed by atoms with E-state index in [1.54, 1.807) is 6.20 Å². The Balaban J connectivity index is 1.72. The molecule has 1 aliphatic rings. The number of nitriles is 1. The van der Waals surface area contributed by atoms with Gasteiger partial charge in [0.05, 0.1) is 12.2 Å². The van der Waals surface area contributed by atoms with Gasteiger partial charge in [0.25, 0.3) is 5.19 Å². The number of hydrogen-bond acceptors (Lipinski definition) is 6. The fourth-order valence-corrected chi connectivity index (χ4v) is 3.54. The molecule has 1 aliphatic heterocycles. The third-order valence-corrected chi connectivity index (χ3v) is 4.79. The Morgan fingerprint density at radius 3 is 3.09 bits per heavy atom. The molecule has 3 rings (SSSR count). The molecule has 0 amide bonds. The lowest BCUT2D eigenvalue weighted by Gasteiger charge is -2.34. The average molecular weight is 328 g/mol. The number of hydrogen-bond donors (Lipinski definition) is 0. The zero-order valence-electron chi connectivity index (χ0n) is 13.5. The highest BCUT2D eigenvalue weighted by molar-refractivity contribution is 7.11. The molecule has 6 heteroatoms. The van der Waals surface area contributed by atoms with Crippen LogP contribution in [0.4, 0.5) is 5.82 Å². The Bertz CT molecular complexity index is 708. The van der Waals surface area contributed by atoms with E-state index in [1.807, 2.05) is 25.3 Å². The average Bonchev–Trinajstić information content (AvgIpc) is 3.06. The van der Waals surface area contributed by atoms with Crippen molar-refractivity contribution in [2.24, 2.45) is 5.92 Å². The van der Waals surface area contributed by atoms with Crippen molar-refractivity contribution in [1.82, 2.24) is 9.97 Å². The second kappa shape index (κ2) is 6.97. The zero-order valence-corrected chi connectivity index (χ0v) is 14.3. The maximum Gasteiger partial charge on any atom is 0.273 e. The summed E-state index contributed by atoms with van der Waals surface area (Å²) in [5.41, 5.74) is 2.64. The highest BCUT2D eigenvalue weighted by Gasteiger charge is 2.24. The third kappa shape index (κ3) is 3.62. The molecule has 0 radical (unpaired) electrons. The largest absolute Gasteiger partial charge is 0.470 e. The summed E-state index contributed by atoms with van der Waals surface area (Å²) in [7, 11) is 0. The van der Waals surface area contributed by atoms with Gasteiger partial charge in [-0.15, -0.1) is 0 Å². The van der Waals surface area contributed by atoms with Gasteiger partial charge < -0.3 is 9.64 Å². The van der Waals surface area contributed by atoms with Crippen molar-refractivity contribution in [3.8, 4) is 11.3 Å². The molecule has 5 nitrogen and oxygen atoms in total. The molecule has 120 valence electrons. The molecular formula is C17H20N4OS. The molecule has 0 bridgehead atoms. The summed E-state index contributed by atoms with van der Waals surface area (Å²) in [4.78, 5) is 11.0. The Morgan fingerprint density at radius 2 is 2.35 bits per heavy atom. The first-order chi connectivity index (χ1) is 11.2. The van der Waals surface area contributed by atoms with Crippen molar-refractivity contribution in [1.29, 1.82) is 5.26 Å². The number of aryl methyl sites for hydroxylation is 2. The van der Waals surface area contributed by atoms with Gasteiger partial charge in [-0.25, -0.2) is 9.97 Å². The van der Waals surface area contributed by atoms with Crippen LogP contribution in [0.15, 0.2) is 17.6 Å². The molecule has 0 aliphatic carbocycles. The molecule has 1 unspecified atom stereocenters. The second-order valence-electron chi connectivity index (χ2n) is 5.95. The fourth-order valence-electron chi connectivity index (χ4n) is 3.05. The molecule has 1 saturated heterocycles. The zero-order chi connectivity index (χ0) is 16.2. The molecular weight excluding hydrogens is 308 g/mol. The van der Waals surface area contributed by atoms with E-state index < -0.39 is 0 Å². The molecule has 23 heavy (non-hydrogen) atoms. The lowest BCUT2D eigenvalue weighted by Crippen LogP contribution is -2.38. The summed E-state index contributed by atoms with van der Waals surface area (Å²) >= 11 is 1.52. The van der Waals surface area contributed by atoms with Gasteiger partial charge in [0, 0.05) is 36.3 Å². The van der Waals surface area contributed by atoms with Crippen LogP contribution in [0.25, 0.3) is 0 Å². The van der Waals surface area contributed by atoms with Crippen LogP contribution in [0.1, 0.15) is 29.7 Å². The number of pyridine rings is 1. The standard InChI is InChI=1S/C17H20N4OS/c1-12-8-13(2)20-16(15(12)9-18)21-6-3-4-14(10-21)11-22-17-19-5-7-23-17/h5,7-8,14H,3-4,6,10-11H2,1-2H3. The van der Waals surface area contributed by atoms with Crippen LogP contribution in [0, 0.1) is 31.1 Å². The van der Waals surface area contributed by atoms with Crippen molar-refractivity contribution in [3.63, 3.8) is 0 Å². The highest BCUT2D eigenvalue weighted by atomic mass is 32.1. The van der Waals surface area contributed by atoms with Gasteiger partial charge >= 0.3 is 0 Å². The number of anilines is 1. The summed E-state index contributed by atoms with van der Waals surface area (Å²) in [5, 5.41) is 12.1. The maximum absolute atomic E-state index is 9.47. The molecule has 2 aromatic rings. The van der Waals surface area contributed by atoms with E-state index in [-0.39, 0.29) is 0 Å². The van der Waals surface area contributed by atoms with Gasteiger partial charge in [-0.3, -0.25) is 0 Å². The topological polar surface area (TPSA) is 62.0 Å². The quantitative estimate of drug-likeness (QED) is 0.861. The van der Waals surface area contributed by atoms with Crippen LogP contribution < -0.4 is 9.64 Å². The predicted molar refractivity (Wildman–Crippen MR) is 91.0 cm³/mol. The number of ether oxygens (including phenoxy) is 1. The van der Waals surface area contributed by atoms with Crippen LogP contribution in [0.2, 0.25) is 0 Å². The van der Waals surface area contributed by atoms with E-state index in [0.717, 1.165) is 48.2 Å². The van der Waals surface area contributed by atoms with E-state index in [9.17, 15) is 5.26 Å². The van der Waals surface area contributed by atoms with Gasteiger partial charge in [-0.05, 0) is 38.3 Å². The van der Waals surface area contributed by atoms with Gasteiger partial charge in [-0.2, -0.15) is 5.26 Å². The molecule has 0 aromatic carbocycles. The van der Waals surface area contributed by atoms with Gasteiger partial charge in [-0.1, -0.05) is 11.3 Å². The smallest absolute Gasteiger partial charge is 0.273 e. The first kappa shape index (κ1) is 15.8. The lowest BCUT2D eigenvalue weighted by atomic mass is 9.98. The van der Waals surface area contributed by atoms with Crippen molar-refractivity contribution in [2.75, 3.05) is 24.6 Å². The number of rotatable bonds is 4. The number of nitrogens with zero attached hydrogens (tertiary/aromatic N) is 4. The SMILES string of the molecule is Cc1cc(C)c(C#N)c(N2CCCC(COc3nccs3)C2)n1. The first-order valence-corrected chi connectivity index (χ1v) is 8.71. The molecule has 0 saturated carbocycles. The Morgan fingerprint density at radius 1 is 1.48 bits per heavy atom. The van der Waals surface area contributed by atoms with Crippen molar-refractivity contribution in [2.45, 2.75) is 26.7 Å². The normalized spacial score (nSPS) is 17.8. The Labute approximate surface area is 140 Å². The van der Waals surface area contributed by atoms with E-state index >= 15 is 0 Å². The van der Waals surface area contributed by atoms with Crippen LogP contribution in [-0.2, 0) is 0 Å². The number of piperidine rings is 1. The molecule has 1 atom stereocenters. The van der Waals surface area contributed by atoms with Crippen LogP contribution >= 0.6 is 11.3 Å². The molecule has 3 heterocycles. The lowest BCUT2D eigenvalue weighted by molar-refractivity contribution is 0.227. The van der Waals surface area contributed by atoms with E-state index in [4.69, 9.17) is 4.74 Å². The second-order valence-corrected chi connectivity index (χ2v) is 6.81. The van der Waals surface area contributed by atoms with Crippen LogP contribution in [-0.4, -0.2) is 29.7 Å². The van der Waals surface area contributed by atoms with Gasteiger partial charge in [0.1, 0.15) is 11.9 Å². The van der Waals surface area contributed by atoms with Crippen molar-refractivity contribution >= 4 is 17.2 Å². The summed E-state index contributed by atoms with van der Waals surface area (Å²) < 4.78 is 5.77. The summed E-state index contributed by atoms with van der Waals surface area (Å²) in [6.07, 6.45) is 3.98. The fraction of sp³-hybridized carbons (Fsp3) is 0.471. The maximum atomic E-state index is 9.47. The summed E-state index contributed by atoms with van der Waals surface area (Å²) in [5.74, 6) is 1.26. The van der Waals surface area contributed by atoms with Crippen molar-refractivity contribution in [3.05, 3.63) is 34.5 Å². The monoisotopic (exact) mass is 328 g/mol. The minimum atomic E-state index is 0.432. The van der Waals surface area contributed by atoms with E-state index in [0.29, 0.717) is 18.1 Å². The molecule has 2 aromatic heterocycles. The predicted octanol–water partition coefficient (Wildman–Crippen LogP) is 3.32. The summed E-state index contributed by atoms with van der Waals surface area (Å²) in [6, 6.07) is 4.28. The van der Waals surface area contributed by atoms with Crippen LogP contribution in [0.3, 0.4) is 0 Å². The first-order valence-electron chi connectivity index (χ1n) is 7.83. The summed E-state index contributed by atoms with van der Waals surface area (Å²) in [6.45, 7) is 6.43.